The highest BCUT2D eigenvalue weighted by Crippen LogP contribution is 2.56. The van der Waals surface area contributed by atoms with Crippen LogP contribution in [0.3, 0.4) is 0 Å². The molecule has 3 amide bonds. The van der Waals surface area contributed by atoms with Gasteiger partial charge in [0.05, 0.1) is 11.3 Å². The van der Waals surface area contributed by atoms with Gasteiger partial charge in [-0.15, -0.1) is 0 Å². The van der Waals surface area contributed by atoms with Crippen LogP contribution in [0.15, 0.2) is 18.2 Å². The monoisotopic (exact) mass is 506 g/mol. The van der Waals surface area contributed by atoms with Crippen molar-refractivity contribution in [2.24, 2.45) is 5.92 Å². The number of rotatable bonds is 6. The molecule has 2 heterocycles. The first-order chi connectivity index (χ1) is 16.9. The molecule has 2 fully saturated rings. The number of nitrogens with one attached hydrogen (secondary N) is 3. The number of Topliss-reactive ketones (excluding diaryl/α,β-unsaturated/α-hetero) is 1. The fourth-order valence-electron chi connectivity index (χ4n) is 5.47. The molecule has 2 atom stereocenters. The number of carbonyl (C=O) groups excluding carboxylic acids is 4. The molecule has 1 aromatic carbocycles. The van der Waals surface area contributed by atoms with E-state index in [1.54, 1.807) is 4.57 Å². The van der Waals surface area contributed by atoms with Gasteiger partial charge in [-0.2, -0.15) is 0 Å². The van der Waals surface area contributed by atoms with Crippen molar-refractivity contribution < 1.29 is 36.7 Å². The van der Waals surface area contributed by atoms with Gasteiger partial charge in [-0.25, -0.2) is 17.6 Å². The van der Waals surface area contributed by atoms with Crippen LogP contribution in [-0.4, -0.2) is 46.6 Å². The van der Waals surface area contributed by atoms with Crippen LogP contribution in [0.2, 0.25) is 0 Å². The molecule has 2 aromatic rings. The van der Waals surface area contributed by atoms with Crippen LogP contribution in [0.5, 0.6) is 0 Å². The van der Waals surface area contributed by atoms with Gasteiger partial charge in [0.1, 0.15) is 5.54 Å². The lowest BCUT2D eigenvalue weighted by Crippen LogP contribution is -2.69. The zero-order valence-electron chi connectivity index (χ0n) is 19.3. The summed E-state index contributed by atoms with van der Waals surface area (Å²) in [5.74, 6) is -8.96. The van der Waals surface area contributed by atoms with Crippen molar-refractivity contribution in [1.29, 1.82) is 0 Å². The molecule has 1 aliphatic heterocycles. The summed E-state index contributed by atoms with van der Waals surface area (Å²) >= 11 is 0. The average Bonchev–Trinajstić information content (AvgIpc) is 3.37. The third-order valence-electron chi connectivity index (χ3n) is 7.20. The molecule has 3 aliphatic rings. The first kappa shape index (κ1) is 24.0. The van der Waals surface area contributed by atoms with Crippen LogP contribution in [0.1, 0.15) is 57.3 Å². The van der Waals surface area contributed by atoms with E-state index in [0.717, 1.165) is 18.6 Å². The van der Waals surface area contributed by atoms with E-state index in [9.17, 15) is 36.7 Å². The number of anilines is 1. The number of amides is 3. The molecule has 8 nitrogen and oxygen atoms in total. The maximum Gasteiger partial charge on any atom is 0.294 e. The molecule has 0 spiro atoms. The zero-order valence-corrected chi connectivity index (χ0v) is 19.3. The lowest BCUT2D eigenvalue weighted by atomic mass is 9.72. The van der Waals surface area contributed by atoms with E-state index in [1.165, 1.54) is 20.0 Å². The van der Waals surface area contributed by atoms with E-state index in [1.807, 2.05) is 0 Å². The Morgan fingerprint density at radius 3 is 2.39 bits per heavy atom. The molecule has 0 saturated heterocycles. The van der Waals surface area contributed by atoms with Crippen LogP contribution in [0.4, 0.5) is 23.2 Å². The fourth-order valence-corrected chi connectivity index (χ4v) is 5.47. The summed E-state index contributed by atoms with van der Waals surface area (Å²) in [5.41, 5.74) is -1.06. The highest BCUT2D eigenvalue weighted by atomic mass is 19.3. The van der Waals surface area contributed by atoms with Crippen LogP contribution < -0.4 is 16.0 Å². The van der Waals surface area contributed by atoms with Crippen molar-refractivity contribution in [2.75, 3.05) is 12.4 Å². The fraction of sp³-hybridized carbons (Fsp3) is 0.417. The average molecular weight is 506 g/mol. The number of hydrogen-bond acceptors (Lipinski definition) is 4. The van der Waals surface area contributed by atoms with Gasteiger partial charge in [-0.05, 0) is 37.0 Å². The molecular formula is C24H22F4N4O4. The molecule has 36 heavy (non-hydrogen) atoms. The molecule has 0 radical (unpaired) electrons. The Labute approximate surface area is 202 Å². The van der Waals surface area contributed by atoms with Crippen LogP contribution >= 0.6 is 0 Å². The summed E-state index contributed by atoms with van der Waals surface area (Å²) in [6.45, 7) is 1.88. The zero-order chi connectivity index (χ0) is 26.2. The summed E-state index contributed by atoms with van der Waals surface area (Å²) in [7, 11) is 1.24. The summed E-state index contributed by atoms with van der Waals surface area (Å²) < 4.78 is 55.7. The second kappa shape index (κ2) is 7.90. The number of ketones is 1. The lowest BCUT2D eigenvalue weighted by Gasteiger charge is -2.45. The number of nitrogens with zero attached hydrogens (tertiary/aromatic N) is 1. The molecule has 0 bridgehead atoms. The highest BCUT2D eigenvalue weighted by Gasteiger charge is 2.62. The minimum absolute atomic E-state index is 0.00144. The standard InChI is InChI=1S/C24H22F4N4O4/c1-10-16(20(34)30-12-3-4-14(25)15(26)6-12)18-13-5-11(13)7-32(18)17(10)19(33)21(35)31-23(22(36)29-2)8-24(27,28)9-23/h3-4,6,11,13H,5,7-9H2,1-2H3,(H,29,36)(H,30,34)(H,31,35)/t11-,13-/m0/s1. The topological polar surface area (TPSA) is 109 Å². The first-order valence-electron chi connectivity index (χ1n) is 11.3. The van der Waals surface area contributed by atoms with Gasteiger partial charge >= 0.3 is 0 Å². The number of alkyl halides is 2. The van der Waals surface area contributed by atoms with E-state index in [0.29, 0.717) is 12.2 Å². The van der Waals surface area contributed by atoms with Gasteiger partial charge in [0.25, 0.3) is 23.5 Å². The number of aromatic nitrogens is 1. The number of hydrogen-bond donors (Lipinski definition) is 3. The van der Waals surface area contributed by atoms with E-state index in [-0.39, 0.29) is 34.3 Å². The van der Waals surface area contributed by atoms with E-state index < -0.39 is 59.4 Å². The third kappa shape index (κ3) is 3.66. The number of benzene rings is 1. The summed E-state index contributed by atoms with van der Waals surface area (Å²) in [4.78, 5) is 51.5. The van der Waals surface area contributed by atoms with Crippen molar-refractivity contribution in [3.8, 4) is 0 Å². The molecule has 12 heteroatoms. The number of fused-ring (bicyclic) bond motifs is 3. The van der Waals surface area contributed by atoms with Gasteiger partial charge < -0.3 is 20.5 Å². The van der Waals surface area contributed by atoms with E-state index >= 15 is 0 Å². The summed E-state index contributed by atoms with van der Waals surface area (Å²) in [6, 6.07) is 2.88. The van der Waals surface area contributed by atoms with Gasteiger partial charge in [0.15, 0.2) is 11.6 Å². The van der Waals surface area contributed by atoms with Gasteiger partial charge in [-0.1, -0.05) is 0 Å². The van der Waals surface area contributed by atoms with Crippen molar-refractivity contribution >= 4 is 29.2 Å². The molecular weight excluding hydrogens is 484 g/mol. The molecule has 1 aromatic heterocycles. The Morgan fingerprint density at radius 1 is 1.08 bits per heavy atom. The molecule has 190 valence electrons. The smallest absolute Gasteiger partial charge is 0.294 e. The number of carbonyl (C=O) groups is 4. The SMILES string of the molecule is CNC(=O)C1(NC(=O)C(=O)c2c(C)c(C(=O)Nc3ccc(F)c(F)c3)c3n2C[C@@H]2C[C@H]32)CC(F)(F)C1. The van der Waals surface area contributed by atoms with E-state index in [2.05, 4.69) is 16.0 Å². The lowest BCUT2D eigenvalue weighted by molar-refractivity contribution is -0.164. The molecule has 5 rings (SSSR count). The number of halogens is 4. The van der Waals surface area contributed by atoms with Gasteiger partial charge in [0.2, 0.25) is 5.91 Å². The maximum atomic E-state index is 13.6. The normalized spacial score (nSPS) is 22.1. The minimum atomic E-state index is -3.15. The van der Waals surface area contributed by atoms with Crippen molar-refractivity contribution in [1.82, 2.24) is 15.2 Å². The quantitative estimate of drug-likeness (QED) is 0.318. The maximum absolute atomic E-state index is 13.6. The Balaban J connectivity index is 1.45. The Hall–Kier alpha value is -3.70. The Kier molecular flexibility index (Phi) is 5.27. The number of likely N-dealkylation sites (N-methyl/N-ethyl adjacent to an activating group) is 1. The van der Waals surface area contributed by atoms with Gasteiger partial charge in [0, 0.05) is 49.8 Å². The Morgan fingerprint density at radius 2 is 1.78 bits per heavy atom. The van der Waals surface area contributed by atoms with Crippen molar-refractivity contribution in [2.45, 2.75) is 50.1 Å². The molecule has 2 aliphatic carbocycles. The first-order valence-corrected chi connectivity index (χ1v) is 11.3. The highest BCUT2D eigenvalue weighted by molar-refractivity contribution is 6.43. The predicted molar refractivity (Wildman–Crippen MR) is 118 cm³/mol. The molecule has 2 saturated carbocycles. The van der Waals surface area contributed by atoms with Crippen molar-refractivity contribution in [3.63, 3.8) is 0 Å². The molecule has 3 N–H and O–H groups in total. The van der Waals surface area contributed by atoms with Crippen LogP contribution in [0, 0.1) is 24.5 Å². The third-order valence-corrected chi connectivity index (χ3v) is 7.20. The van der Waals surface area contributed by atoms with Gasteiger partial charge in [-0.3, -0.25) is 19.2 Å². The van der Waals surface area contributed by atoms with Crippen molar-refractivity contribution in [3.05, 3.63) is 52.3 Å². The predicted octanol–water partition coefficient (Wildman–Crippen LogP) is 2.66. The molecule has 0 unspecified atom stereocenters. The second-order valence-electron chi connectivity index (χ2n) is 9.68. The Bertz CT molecular complexity index is 1340. The summed E-state index contributed by atoms with van der Waals surface area (Å²) in [5, 5.41) is 6.93. The van der Waals surface area contributed by atoms with Crippen LogP contribution in [0.25, 0.3) is 0 Å². The minimum Gasteiger partial charge on any atom is -0.357 e. The second-order valence-corrected chi connectivity index (χ2v) is 9.68. The summed E-state index contributed by atoms with van der Waals surface area (Å²) in [6.07, 6.45) is -1.07. The largest absolute Gasteiger partial charge is 0.357 e. The van der Waals surface area contributed by atoms with E-state index in [4.69, 9.17) is 0 Å². The van der Waals surface area contributed by atoms with Crippen LogP contribution in [-0.2, 0) is 16.1 Å².